The summed E-state index contributed by atoms with van der Waals surface area (Å²) < 4.78 is 5.32. The summed E-state index contributed by atoms with van der Waals surface area (Å²) in [6, 6.07) is 2.90. The van der Waals surface area contributed by atoms with Crippen LogP contribution in [0.25, 0.3) is 0 Å². The van der Waals surface area contributed by atoms with Crippen molar-refractivity contribution < 1.29 is 9.21 Å². The molecule has 25 heavy (non-hydrogen) atoms. The third-order valence-electron chi connectivity index (χ3n) is 4.13. The Labute approximate surface area is 152 Å². The fourth-order valence-corrected chi connectivity index (χ4v) is 3.76. The lowest BCUT2D eigenvalue weighted by Crippen LogP contribution is -2.45. The number of carbonyl (C=O) groups excluding carboxylic acids is 1. The molecule has 0 bridgehead atoms. The van der Waals surface area contributed by atoms with Gasteiger partial charge in [-0.3, -0.25) is 14.8 Å². The summed E-state index contributed by atoms with van der Waals surface area (Å²) in [6.45, 7) is 7.57. The van der Waals surface area contributed by atoms with Gasteiger partial charge in [0.1, 0.15) is 16.3 Å². The average Bonchev–Trinajstić information content (AvgIpc) is 2.96. The van der Waals surface area contributed by atoms with E-state index < -0.39 is 11.2 Å². The summed E-state index contributed by atoms with van der Waals surface area (Å²) >= 11 is 1.54. The second-order valence-corrected chi connectivity index (χ2v) is 7.42. The molecule has 0 radical (unpaired) electrons. The van der Waals surface area contributed by atoms with Gasteiger partial charge in [0.2, 0.25) is 5.91 Å². The maximum absolute atomic E-state index is 12.9. The Morgan fingerprint density at radius 2 is 2.24 bits per heavy atom. The summed E-state index contributed by atoms with van der Waals surface area (Å²) in [4.78, 5) is 33.2. The van der Waals surface area contributed by atoms with Crippen molar-refractivity contribution in [2.24, 2.45) is 9.98 Å². The van der Waals surface area contributed by atoms with Crippen LogP contribution in [-0.2, 0) is 4.79 Å². The molecule has 2 heterocycles. The maximum Gasteiger partial charge on any atom is 0.336 e. The molecule has 1 aromatic rings. The first-order valence-electron chi connectivity index (χ1n) is 8.38. The molecular weight excluding hydrogens is 338 g/mol. The molecular formula is C18H25N3O3S. The zero-order chi connectivity index (χ0) is 18.6. The van der Waals surface area contributed by atoms with Crippen LogP contribution >= 0.6 is 11.8 Å². The van der Waals surface area contributed by atoms with E-state index in [1.54, 1.807) is 13.1 Å². The molecule has 0 spiro atoms. The van der Waals surface area contributed by atoms with E-state index >= 15 is 0 Å². The molecule has 1 aliphatic heterocycles. The van der Waals surface area contributed by atoms with Crippen LogP contribution < -0.4 is 10.9 Å². The Kier molecular flexibility index (Phi) is 6.21. The number of thioether (sulfide) groups is 1. The van der Waals surface area contributed by atoms with Crippen LogP contribution in [0.1, 0.15) is 51.0 Å². The molecule has 0 aliphatic carbocycles. The SMILES string of the molecule is CCC[C@@H](NC(=O)[C@]1(C)CSC(C(C)=NC)=N1)c1cc(C)cc(=O)o1. The van der Waals surface area contributed by atoms with E-state index in [0.717, 1.165) is 22.7 Å². The van der Waals surface area contributed by atoms with Gasteiger partial charge >= 0.3 is 5.63 Å². The van der Waals surface area contributed by atoms with Gasteiger partial charge in [-0.1, -0.05) is 13.3 Å². The second kappa shape index (κ2) is 7.99. The van der Waals surface area contributed by atoms with Crippen molar-refractivity contribution in [2.75, 3.05) is 12.8 Å². The molecule has 2 rings (SSSR count). The van der Waals surface area contributed by atoms with E-state index in [0.29, 0.717) is 17.9 Å². The van der Waals surface area contributed by atoms with Crippen LogP contribution in [0.2, 0.25) is 0 Å². The number of hydrogen-bond donors (Lipinski definition) is 1. The first kappa shape index (κ1) is 19.4. The van der Waals surface area contributed by atoms with Crippen LogP contribution in [0.3, 0.4) is 0 Å². The highest BCUT2D eigenvalue weighted by molar-refractivity contribution is 8.16. The van der Waals surface area contributed by atoms with Crippen molar-refractivity contribution in [1.29, 1.82) is 0 Å². The Bertz CT molecular complexity index is 769. The summed E-state index contributed by atoms with van der Waals surface area (Å²) in [5.74, 6) is 0.893. The fourth-order valence-electron chi connectivity index (χ4n) is 2.58. The van der Waals surface area contributed by atoms with Crippen LogP contribution in [-0.4, -0.2) is 35.0 Å². The number of carbonyl (C=O) groups is 1. The van der Waals surface area contributed by atoms with Crippen molar-refractivity contribution in [2.45, 2.75) is 52.1 Å². The van der Waals surface area contributed by atoms with Gasteiger partial charge in [0.05, 0.1) is 11.8 Å². The number of nitrogens with one attached hydrogen (secondary N) is 1. The molecule has 1 amide bonds. The van der Waals surface area contributed by atoms with Crippen LogP contribution in [0, 0.1) is 6.92 Å². The molecule has 7 heteroatoms. The van der Waals surface area contributed by atoms with Crippen LogP contribution in [0.4, 0.5) is 0 Å². The Balaban J connectivity index is 2.23. The lowest BCUT2D eigenvalue weighted by Gasteiger charge is -2.24. The minimum absolute atomic E-state index is 0.165. The van der Waals surface area contributed by atoms with Crippen LogP contribution in [0.15, 0.2) is 31.3 Å². The lowest BCUT2D eigenvalue weighted by molar-refractivity contribution is -0.125. The van der Waals surface area contributed by atoms with Gasteiger partial charge in [0, 0.05) is 18.9 Å². The Hall–Kier alpha value is -1.89. The average molecular weight is 363 g/mol. The van der Waals surface area contributed by atoms with Crippen LogP contribution in [0.5, 0.6) is 0 Å². The summed E-state index contributed by atoms with van der Waals surface area (Å²) in [7, 11) is 1.71. The number of hydrogen-bond acceptors (Lipinski definition) is 6. The van der Waals surface area contributed by atoms with E-state index in [9.17, 15) is 9.59 Å². The van der Waals surface area contributed by atoms with Gasteiger partial charge in [-0.2, -0.15) is 0 Å². The third-order valence-corrected chi connectivity index (χ3v) is 5.50. The monoisotopic (exact) mass is 363 g/mol. The molecule has 1 aromatic heterocycles. The van der Waals surface area contributed by atoms with Gasteiger partial charge < -0.3 is 9.73 Å². The van der Waals surface area contributed by atoms with E-state index in [1.165, 1.54) is 17.8 Å². The van der Waals surface area contributed by atoms with Crippen molar-refractivity contribution >= 4 is 28.4 Å². The molecule has 136 valence electrons. The fraction of sp³-hybridized carbons (Fsp3) is 0.556. The lowest BCUT2D eigenvalue weighted by atomic mass is 10.0. The molecule has 0 aromatic carbocycles. The summed E-state index contributed by atoms with van der Waals surface area (Å²) in [5, 5.41) is 3.82. The largest absolute Gasteiger partial charge is 0.426 e. The van der Waals surface area contributed by atoms with E-state index in [4.69, 9.17) is 4.42 Å². The van der Waals surface area contributed by atoms with Gasteiger partial charge in [0.15, 0.2) is 0 Å². The standard InChI is InChI=1S/C18H25N3O3S/c1-6-7-13(14-8-11(2)9-15(22)24-14)20-17(23)18(4)10-25-16(21-18)12(3)19-5/h8-9,13H,6-7,10H2,1-5H3,(H,20,23)/t13-,18+/m1/s1. The summed E-state index contributed by atoms with van der Waals surface area (Å²) in [5.41, 5.74) is 0.404. The van der Waals surface area contributed by atoms with Crippen molar-refractivity contribution in [3.63, 3.8) is 0 Å². The smallest absolute Gasteiger partial charge is 0.336 e. The van der Waals surface area contributed by atoms with Gasteiger partial charge in [-0.05, 0) is 38.8 Å². The normalized spacial score (nSPS) is 21.8. The first-order chi connectivity index (χ1) is 11.8. The molecule has 0 saturated carbocycles. The number of aryl methyl sites for hydroxylation is 1. The molecule has 0 fully saturated rings. The van der Waals surface area contributed by atoms with Crippen molar-refractivity contribution in [1.82, 2.24) is 5.32 Å². The van der Waals surface area contributed by atoms with Gasteiger partial charge in [0.25, 0.3) is 0 Å². The topological polar surface area (TPSA) is 84.0 Å². The first-order valence-corrected chi connectivity index (χ1v) is 9.36. The van der Waals surface area contributed by atoms with E-state index in [1.807, 2.05) is 27.7 Å². The van der Waals surface area contributed by atoms with E-state index in [-0.39, 0.29) is 11.9 Å². The minimum Gasteiger partial charge on any atom is -0.426 e. The quantitative estimate of drug-likeness (QED) is 0.788. The Morgan fingerprint density at radius 1 is 1.52 bits per heavy atom. The number of nitrogens with zero attached hydrogens (tertiary/aromatic N) is 2. The predicted octanol–water partition coefficient (Wildman–Crippen LogP) is 2.90. The summed E-state index contributed by atoms with van der Waals surface area (Å²) in [6.07, 6.45) is 1.54. The van der Waals surface area contributed by atoms with Gasteiger partial charge in [-0.25, -0.2) is 4.79 Å². The molecule has 1 N–H and O–H groups in total. The number of rotatable bonds is 6. The minimum atomic E-state index is -0.845. The zero-order valence-electron chi connectivity index (χ0n) is 15.4. The molecule has 0 unspecified atom stereocenters. The molecule has 1 aliphatic rings. The zero-order valence-corrected chi connectivity index (χ0v) is 16.2. The second-order valence-electron chi connectivity index (χ2n) is 6.46. The molecule has 6 nitrogen and oxygen atoms in total. The Morgan fingerprint density at radius 3 is 2.84 bits per heavy atom. The van der Waals surface area contributed by atoms with Gasteiger partial charge in [-0.15, -0.1) is 11.8 Å². The number of amides is 1. The molecule has 0 saturated heterocycles. The predicted molar refractivity (Wildman–Crippen MR) is 103 cm³/mol. The number of aliphatic imine (C=N–C) groups is 2. The highest BCUT2D eigenvalue weighted by Crippen LogP contribution is 2.30. The highest BCUT2D eigenvalue weighted by atomic mass is 32.2. The molecule has 2 atom stereocenters. The highest BCUT2D eigenvalue weighted by Gasteiger charge is 2.39. The van der Waals surface area contributed by atoms with Crippen molar-refractivity contribution in [3.05, 3.63) is 33.9 Å². The van der Waals surface area contributed by atoms with E-state index in [2.05, 4.69) is 15.3 Å². The van der Waals surface area contributed by atoms with Crippen molar-refractivity contribution in [3.8, 4) is 0 Å². The maximum atomic E-state index is 12.9. The third kappa shape index (κ3) is 4.60.